The number of hydrogen-bond acceptors (Lipinski definition) is 4. The highest BCUT2D eigenvalue weighted by molar-refractivity contribution is 7.20. The van der Waals surface area contributed by atoms with E-state index in [-0.39, 0.29) is 12.1 Å². The standard InChI is InChI=1S/C20H24N2O3S/c1-2-25-19(23)16-13-17(14-9-5-3-6-10-14)26-18(16)22-20(24)21-15-11-7-4-8-12-15/h3,5-6,9-10,13,15H,2,4,7-8,11-12H2,1H3,(H2,21,22,24). The molecule has 1 aliphatic rings. The predicted octanol–water partition coefficient (Wildman–Crippen LogP) is 5.05. The Kier molecular flexibility index (Phi) is 6.28. The van der Waals surface area contributed by atoms with Gasteiger partial charge in [-0.3, -0.25) is 5.32 Å². The number of carbonyl (C=O) groups excluding carboxylic acids is 2. The van der Waals surface area contributed by atoms with E-state index in [0.29, 0.717) is 17.2 Å². The van der Waals surface area contributed by atoms with E-state index < -0.39 is 5.97 Å². The molecule has 0 saturated heterocycles. The van der Waals surface area contributed by atoms with E-state index in [0.717, 1.165) is 36.1 Å². The molecule has 0 bridgehead atoms. The Morgan fingerprint density at radius 1 is 1.15 bits per heavy atom. The summed E-state index contributed by atoms with van der Waals surface area (Å²) in [5.41, 5.74) is 1.40. The lowest BCUT2D eigenvalue weighted by Crippen LogP contribution is -2.39. The summed E-state index contributed by atoms with van der Waals surface area (Å²) in [6.45, 7) is 2.06. The largest absolute Gasteiger partial charge is 0.462 e. The van der Waals surface area contributed by atoms with Crippen molar-refractivity contribution in [2.75, 3.05) is 11.9 Å². The van der Waals surface area contributed by atoms with Crippen molar-refractivity contribution >= 4 is 28.3 Å². The van der Waals surface area contributed by atoms with Gasteiger partial charge in [0.2, 0.25) is 0 Å². The van der Waals surface area contributed by atoms with Gasteiger partial charge in [0, 0.05) is 10.9 Å². The van der Waals surface area contributed by atoms with Crippen LogP contribution in [-0.2, 0) is 4.74 Å². The highest BCUT2D eigenvalue weighted by Crippen LogP contribution is 2.36. The van der Waals surface area contributed by atoms with Crippen LogP contribution in [0.1, 0.15) is 49.4 Å². The summed E-state index contributed by atoms with van der Waals surface area (Å²) in [5, 5.41) is 6.40. The first kappa shape index (κ1) is 18.5. The van der Waals surface area contributed by atoms with Gasteiger partial charge in [-0.1, -0.05) is 49.6 Å². The second-order valence-corrected chi connectivity index (χ2v) is 7.43. The predicted molar refractivity (Wildman–Crippen MR) is 105 cm³/mol. The monoisotopic (exact) mass is 372 g/mol. The summed E-state index contributed by atoms with van der Waals surface area (Å²) in [7, 11) is 0. The first-order valence-electron chi connectivity index (χ1n) is 9.11. The maximum absolute atomic E-state index is 12.4. The Labute approximate surface area is 157 Å². The van der Waals surface area contributed by atoms with Crippen molar-refractivity contribution in [3.05, 3.63) is 42.0 Å². The van der Waals surface area contributed by atoms with Gasteiger partial charge < -0.3 is 10.1 Å². The Hall–Kier alpha value is -2.34. The van der Waals surface area contributed by atoms with Gasteiger partial charge in [-0.2, -0.15) is 0 Å². The SMILES string of the molecule is CCOC(=O)c1cc(-c2ccccc2)sc1NC(=O)NC1CCCCC1. The zero-order valence-electron chi connectivity index (χ0n) is 14.9. The molecule has 2 amide bonds. The zero-order valence-corrected chi connectivity index (χ0v) is 15.7. The van der Waals surface area contributed by atoms with Crippen LogP contribution in [-0.4, -0.2) is 24.6 Å². The van der Waals surface area contributed by atoms with Gasteiger partial charge in [-0.05, 0) is 31.4 Å². The maximum atomic E-state index is 12.4. The zero-order chi connectivity index (χ0) is 18.4. The lowest BCUT2D eigenvalue weighted by atomic mass is 9.96. The lowest BCUT2D eigenvalue weighted by molar-refractivity contribution is 0.0528. The van der Waals surface area contributed by atoms with Crippen molar-refractivity contribution in [3.8, 4) is 10.4 Å². The summed E-state index contributed by atoms with van der Waals surface area (Å²) < 4.78 is 5.15. The number of benzene rings is 1. The maximum Gasteiger partial charge on any atom is 0.341 e. The van der Waals surface area contributed by atoms with E-state index in [1.165, 1.54) is 17.8 Å². The van der Waals surface area contributed by atoms with Crippen LogP contribution < -0.4 is 10.6 Å². The molecule has 5 nitrogen and oxygen atoms in total. The minimum absolute atomic E-state index is 0.211. The number of nitrogens with one attached hydrogen (secondary N) is 2. The number of carbonyl (C=O) groups is 2. The topological polar surface area (TPSA) is 67.4 Å². The number of thiophene rings is 1. The quantitative estimate of drug-likeness (QED) is 0.722. The molecule has 26 heavy (non-hydrogen) atoms. The van der Waals surface area contributed by atoms with E-state index in [9.17, 15) is 9.59 Å². The van der Waals surface area contributed by atoms with E-state index in [4.69, 9.17) is 4.74 Å². The Morgan fingerprint density at radius 2 is 1.88 bits per heavy atom. The molecule has 2 aromatic rings. The van der Waals surface area contributed by atoms with Crippen LogP contribution >= 0.6 is 11.3 Å². The second-order valence-electron chi connectivity index (χ2n) is 6.37. The highest BCUT2D eigenvalue weighted by Gasteiger charge is 2.21. The van der Waals surface area contributed by atoms with Crippen molar-refractivity contribution in [3.63, 3.8) is 0 Å². The average Bonchev–Trinajstić information content (AvgIpc) is 3.07. The van der Waals surface area contributed by atoms with E-state index in [1.54, 1.807) is 13.0 Å². The Bertz CT molecular complexity index is 752. The molecule has 0 aliphatic heterocycles. The van der Waals surface area contributed by atoms with E-state index >= 15 is 0 Å². The van der Waals surface area contributed by atoms with Crippen LogP contribution in [0.4, 0.5) is 9.80 Å². The van der Waals surface area contributed by atoms with Crippen LogP contribution in [0.2, 0.25) is 0 Å². The molecule has 0 radical (unpaired) electrons. The molecule has 6 heteroatoms. The Morgan fingerprint density at radius 3 is 2.58 bits per heavy atom. The molecular weight excluding hydrogens is 348 g/mol. The number of ether oxygens (including phenoxy) is 1. The lowest BCUT2D eigenvalue weighted by Gasteiger charge is -2.22. The third-order valence-electron chi connectivity index (χ3n) is 4.45. The Balaban J connectivity index is 1.78. The number of esters is 1. The summed E-state index contributed by atoms with van der Waals surface area (Å²) in [4.78, 5) is 25.6. The summed E-state index contributed by atoms with van der Waals surface area (Å²) in [6.07, 6.45) is 5.56. The molecule has 3 rings (SSSR count). The fourth-order valence-corrected chi connectivity index (χ4v) is 4.21. The minimum atomic E-state index is -0.418. The third kappa shape index (κ3) is 4.64. The molecule has 1 saturated carbocycles. The van der Waals surface area contributed by atoms with Gasteiger partial charge in [0.15, 0.2) is 0 Å². The molecule has 1 fully saturated rings. The second kappa shape index (κ2) is 8.85. The van der Waals surface area contributed by atoms with Crippen LogP contribution in [0.5, 0.6) is 0 Å². The van der Waals surface area contributed by atoms with Crippen molar-refractivity contribution in [1.29, 1.82) is 0 Å². The van der Waals surface area contributed by atoms with Crippen LogP contribution in [0.25, 0.3) is 10.4 Å². The van der Waals surface area contributed by atoms with Crippen molar-refractivity contribution in [2.45, 2.75) is 45.1 Å². The summed E-state index contributed by atoms with van der Waals surface area (Å²) >= 11 is 1.38. The third-order valence-corrected chi connectivity index (χ3v) is 5.55. The van der Waals surface area contributed by atoms with Gasteiger partial charge in [0.05, 0.1) is 12.2 Å². The first-order chi connectivity index (χ1) is 12.7. The average molecular weight is 372 g/mol. The minimum Gasteiger partial charge on any atom is -0.462 e. The molecular formula is C20H24N2O3S. The van der Waals surface area contributed by atoms with Crippen molar-refractivity contribution in [2.24, 2.45) is 0 Å². The van der Waals surface area contributed by atoms with Gasteiger partial charge in [-0.15, -0.1) is 11.3 Å². The first-order valence-corrected chi connectivity index (χ1v) is 9.93. The van der Waals surface area contributed by atoms with Gasteiger partial charge in [-0.25, -0.2) is 9.59 Å². The number of amides is 2. The molecule has 0 unspecified atom stereocenters. The number of hydrogen-bond donors (Lipinski definition) is 2. The molecule has 1 heterocycles. The number of anilines is 1. The van der Waals surface area contributed by atoms with E-state index in [2.05, 4.69) is 10.6 Å². The normalized spacial score (nSPS) is 14.7. The van der Waals surface area contributed by atoms with Crippen molar-refractivity contribution in [1.82, 2.24) is 5.32 Å². The van der Waals surface area contributed by atoms with E-state index in [1.807, 2.05) is 30.3 Å². The van der Waals surface area contributed by atoms with Crippen LogP contribution in [0.15, 0.2) is 36.4 Å². The highest BCUT2D eigenvalue weighted by atomic mass is 32.1. The van der Waals surface area contributed by atoms with Gasteiger partial charge in [0.25, 0.3) is 0 Å². The molecule has 1 aromatic heterocycles. The van der Waals surface area contributed by atoms with Gasteiger partial charge in [0.1, 0.15) is 5.00 Å². The van der Waals surface area contributed by atoms with Gasteiger partial charge >= 0.3 is 12.0 Å². The van der Waals surface area contributed by atoms with Crippen molar-refractivity contribution < 1.29 is 14.3 Å². The molecule has 0 atom stereocenters. The molecule has 138 valence electrons. The van der Waals surface area contributed by atoms with Crippen LogP contribution in [0.3, 0.4) is 0 Å². The molecule has 1 aliphatic carbocycles. The molecule has 0 spiro atoms. The fraction of sp³-hybridized carbons (Fsp3) is 0.400. The summed E-state index contributed by atoms with van der Waals surface area (Å²) in [6, 6.07) is 11.5. The number of urea groups is 1. The number of rotatable bonds is 5. The fourth-order valence-electron chi connectivity index (χ4n) is 3.16. The smallest absolute Gasteiger partial charge is 0.341 e. The summed E-state index contributed by atoms with van der Waals surface area (Å²) in [5.74, 6) is -0.418. The molecule has 1 aromatic carbocycles. The molecule has 2 N–H and O–H groups in total. The van der Waals surface area contributed by atoms with Crippen LogP contribution in [0, 0.1) is 0 Å².